The Morgan fingerprint density at radius 2 is 1.58 bits per heavy atom. The van der Waals surface area contributed by atoms with Gasteiger partial charge in [-0.3, -0.25) is 0 Å². The number of imidazole rings is 1. The molecule has 6 rings (SSSR count). The van der Waals surface area contributed by atoms with Crippen molar-refractivity contribution in [3.8, 4) is 11.5 Å². The molecule has 0 bridgehead atoms. The second-order valence-corrected chi connectivity index (χ2v) is 15.8. The van der Waals surface area contributed by atoms with E-state index in [2.05, 4.69) is 20.0 Å². The number of tetrazole rings is 1. The lowest BCUT2D eigenvalue weighted by Gasteiger charge is -2.42. The van der Waals surface area contributed by atoms with E-state index >= 15 is 0 Å². The Bertz CT molecular complexity index is 2370. The van der Waals surface area contributed by atoms with Gasteiger partial charge in [0.05, 0.1) is 42.1 Å². The van der Waals surface area contributed by atoms with Crippen LogP contribution in [0.2, 0.25) is 0 Å². The summed E-state index contributed by atoms with van der Waals surface area (Å²) in [6.07, 6.45) is 2.99. The number of primary sulfonamides is 1. The van der Waals surface area contributed by atoms with E-state index in [4.69, 9.17) is 31.2 Å². The van der Waals surface area contributed by atoms with Crippen LogP contribution in [0.3, 0.4) is 0 Å². The standard InChI is InChI=1S/C34H40N10O6S2/c1-43-28-7-4-6-26(30(28)39-33(43)36)27-16-17-29(51(37,45)46)31(52(47,48)38-20-22-8-12-24(49-2)13-9-22)34(27,18-5-19-35)32-40-42-44(41-32)21-23-10-14-25(50-3)15-11-23/h4,6-17,31,38H,5,18-21,35H2,1-3H3,(H2,36,39)(H2,37,45,46). The Morgan fingerprint density at radius 1 is 0.923 bits per heavy atom. The average Bonchev–Trinajstić information content (AvgIpc) is 3.73. The lowest BCUT2D eigenvalue weighted by atomic mass is 9.67. The quantitative estimate of drug-likeness (QED) is 0.128. The van der Waals surface area contributed by atoms with Crippen molar-refractivity contribution in [1.82, 2.24) is 34.5 Å². The van der Waals surface area contributed by atoms with E-state index in [1.165, 1.54) is 24.1 Å². The SMILES string of the molecule is COc1ccc(CNS(=O)(=O)C2C(S(N)(=O)=O)=CC=C(c3cccc4c3nc(N)n4C)C2(CCCN)c2nnn(Cc3ccc(OC)cc3)n2)cc1. The number of fused-ring (bicyclic) bond motifs is 1. The number of nitrogen functional groups attached to an aromatic ring is 1. The zero-order chi connectivity index (χ0) is 37.3. The number of aryl methyl sites for hydroxylation is 1. The molecule has 3 aromatic carbocycles. The summed E-state index contributed by atoms with van der Waals surface area (Å²) in [6, 6.07) is 19.4. The van der Waals surface area contributed by atoms with Crippen LogP contribution in [0, 0.1) is 0 Å². The zero-order valence-electron chi connectivity index (χ0n) is 28.8. The van der Waals surface area contributed by atoms with Crippen LogP contribution in [0.25, 0.3) is 16.6 Å². The molecule has 0 aliphatic heterocycles. The van der Waals surface area contributed by atoms with Gasteiger partial charge < -0.3 is 25.5 Å². The molecule has 0 saturated heterocycles. The largest absolute Gasteiger partial charge is 0.497 e. The molecule has 0 radical (unpaired) electrons. The highest BCUT2D eigenvalue weighted by atomic mass is 32.2. The van der Waals surface area contributed by atoms with Crippen LogP contribution in [0.5, 0.6) is 11.5 Å². The summed E-state index contributed by atoms with van der Waals surface area (Å²) in [6.45, 7) is 0.132. The molecule has 2 unspecified atom stereocenters. The van der Waals surface area contributed by atoms with Gasteiger partial charge in [0.1, 0.15) is 16.7 Å². The number of ether oxygens (including phenoxy) is 2. The third kappa shape index (κ3) is 6.90. The Morgan fingerprint density at radius 3 is 2.19 bits per heavy atom. The number of hydrogen-bond donors (Lipinski definition) is 4. The first kappa shape index (κ1) is 36.6. The molecule has 18 heteroatoms. The smallest absolute Gasteiger partial charge is 0.235 e. The van der Waals surface area contributed by atoms with Crippen LogP contribution < -0.4 is 30.8 Å². The van der Waals surface area contributed by atoms with Crippen LogP contribution in [0.4, 0.5) is 5.95 Å². The summed E-state index contributed by atoms with van der Waals surface area (Å²) in [4.78, 5) is 5.39. The van der Waals surface area contributed by atoms with E-state index in [0.717, 1.165) is 5.56 Å². The minimum atomic E-state index is -4.64. The summed E-state index contributed by atoms with van der Waals surface area (Å²) >= 11 is 0. The minimum absolute atomic E-state index is 0.0107. The Kier molecular flexibility index (Phi) is 10.2. The summed E-state index contributed by atoms with van der Waals surface area (Å²) in [5, 5.41) is 17.5. The Labute approximate surface area is 301 Å². The number of para-hydroxylation sites is 1. The Balaban J connectivity index is 1.59. The molecule has 0 saturated carbocycles. The van der Waals surface area contributed by atoms with Crippen molar-refractivity contribution in [2.45, 2.75) is 36.6 Å². The maximum atomic E-state index is 14.9. The molecule has 52 heavy (non-hydrogen) atoms. The zero-order valence-corrected chi connectivity index (χ0v) is 30.4. The number of nitrogens with two attached hydrogens (primary N) is 3. The lowest BCUT2D eigenvalue weighted by molar-refractivity contribution is 0.414. The summed E-state index contributed by atoms with van der Waals surface area (Å²) in [7, 11) is -4.43. The molecule has 1 aliphatic carbocycles. The highest BCUT2D eigenvalue weighted by Crippen LogP contribution is 2.52. The second-order valence-electron chi connectivity index (χ2n) is 12.3. The van der Waals surface area contributed by atoms with Gasteiger partial charge in [0.15, 0.2) is 5.82 Å². The first-order valence-corrected chi connectivity index (χ1v) is 19.3. The third-order valence-corrected chi connectivity index (χ3v) is 12.2. The highest BCUT2D eigenvalue weighted by molar-refractivity contribution is 7.96. The van der Waals surface area contributed by atoms with Crippen LogP contribution in [0.15, 0.2) is 83.8 Å². The van der Waals surface area contributed by atoms with Gasteiger partial charge in [0.25, 0.3) is 0 Å². The minimum Gasteiger partial charge on any atom is -0.497 e. The van der Waals surface area contributed by atoms with Gasteiger partial charge in [-0.2, -0.15) is 4.80 Å². The first-order chi connectivity index (χ1) is 24.8. The lowest BCUT2D eigenvalue weighted by Crippen LogP contribution is -2.54. The van der Waals surface area contributed by atoms with Crippen molar-refractivity contribution in [1.29, 1.82) is 0 Å². The number of rotatable bonds is 14. The number of nitrogens with one attached hydrogen (secondary N) is 1. The monoisotopic (exact) mass is 748 g/mol. The second kappa shape index (κ2) is 14.5. The van der Waals surface area contributed by atoms with E-state index < -0.39 is 35.6 Å². The molecule has 1 aliphatic rings. The van der Waals surface area contributed by atoms with E-state index in [9.17, 15) is 16.8 Å². The summed E-state index contributed by atoms with van der Waals surface area (Å²) < 4.78 is 71.4. The van der Waals surface area contributed by atoms with Gasteiger partial charge >= 0.3 is 0 Å². The van der Waals surface area contributed by atoms with Gasteiger partial charge in [-0.25, -0.2) is 31.7 Å². The summed E-state index contributed by atoms with van der Waals surface area (Å²) in [5.74, 6) is 1.43. The van der Waals surface area contributed by atoms with Crippen LogP contribution in [0.1, 0.15) is 35.4 Å². The van der Waals surface area contributed by atoms with Crippen molar-refractivity contribution in [3.05, 3.63) is 106 Å². The van der Waals surface area contributed by atoms with E-state index in [-0.39, 0.29) is 44.2 Å². The maximum absolute atomic E-state index is 14.9. The molecule has 0 amide bonds. The average molecular weight is 749 g/mol. The molecule has 2 atom stereocenters. The molecule has 5 aromatic rings. The number of sulfonamides is 2. The molecular weight excluding hydrogens is 709 g/mol. The Hall–Kier alpha value is -5.14. The fourth-order valence-corrected chi connectivity index (χ4v) is 9.96. The van der Waals surface area contributed by atoms with Gasteiger partial charge in [-0.1, -0.05) is 42.5 Å². The molecule has 274 valence electrons. The third-order valence-electron chi connectivity index (χ3n) is 9.22. The molecule has 7 N–H and O–H groups in total. The molecule has 0 fully saturated rings. The highest BCUT2D eigenvalue weighted by Gasteiger charge is 2.58. The predicted octanol–water partition coefficient (Wildman–Crippen LogP) is 1.94. The van der Waals surface area contributed by atoms with Crippen LogP contribution in [-0.2, 0) is 45.6 Å². The van der Waals surface area contributed by atoms with Gasteiger partial charge in [-0.05, 0) is 77.7 Å². The van der Waals surface area contributed by atoms with Crippen molar-refractivity contribution in [2.75, 3.05) is 26.5 Å². The number of anilines is 1. The van der Waals surface area contributed by atoms with Crippen molar-refractivity contribution in [3.63, 3.8) is 0 Å². The van der Waals surface area contributed by atoms with E-state index in [1.807, 2.05) is 18.2 Å². The number of benzene rings is 3. The molecular formula is C34H40N10O6S2. The molecule has 0 spiro atoms. The molecule has 16 nitrogen and oxygen atoms in total. The fourth-order valence-electron chi connectivity index (χ4n) is 6.62. The number of aromatic nitrogens is 6. The van der Waals surface area contributed by atoms with Crippen LogP contribution >= 0.6 is 0 Å². The van der Waals surface area contributed by atoms with Crippen molar-refractivity contribution >= 4 is 42.6 Å². The van der Waals surface area contributed by atoms with Crippen molar-refractivity contribution in [2.24, 2.45) is 17.9 Å². The van der Waals surface area contributed by atoms with Gasteiger partial charge in [-0.15, -0.1) is 10.2 Å². The first-order valence-electron chi connectivity index (χ1n) is 16.2. The van der Waals surface area contributed by atoms with Gasteiger partial charge in [0, 0.05) is 19.2 Å². The number of allylic oxidation sites excluding steroid dienone is 3. The normalized spacial score (nSPS) is 17.9. The summed E-state index contributed by atoms with van der Waals surface area (Å²) in [5.41, 5.74) is 13.9. The van der Waals surface area contributed by atoms with E-state index in [1.54, 1.807) is 67.3 Å². The fraction of sp³-hybridized carbons (Fsp3) is 0.294. The predicted molar refractivity (Wildman–Crippen MR) is 197 cm³/mol. The number of hydrogen-bond acceptors (Lipinski definition) is 12. The van der Waals surface area contributed by atoms with Gasteiger partial charge in [0.2, 0.25) is 26.0 Å². The number of methoxy groups -OCH3 is 2. The van der Waals surface area contributed by atoms with E-state index in [0.29, 0.717) is 39.2 Å². The molecule has 2 aromatic heterocycles. The number of nitrogens with zero attached hydrogens (tertiary/aromatic N) is 6. The maximum Gasteiger partial charge on any atom is 0.235 e. The molecule has 2 heterocycles. The van der Waals surface area contributed by atoms with Crippen molar-refractivity contribution < 1.29 is 26.3 Å². The topological polar surface area (TPSA) is 238 Å². The van der Waals surface area contributed by atoms with Crippen LogP contribution in [-0.4, -0.2) is 72.6 Å².